The van der Waals surface area contributed by atoms with Crippen molar-refractivity contribution in [1.29, 1.82) is 0 Å². The van der Waals surface area contributed by atoms with Crippen molar-refractivity contribution in [3.63, 3.8) is 0 Å². The zero-order valence-electron chi connectivity index (χ0n) is 20.8. The number of carbonyl (C=O) groups is 1. The third-order valence-corrected chi connectivity index (χ3v) is 9.19. The van der Waals surface area contributed by atoms with Crippen molar-refractivity contribution in [2.75, 3.05) is 44.2 Å². The summed E-state index contributed by atoms with van der Waals surface area (Å²) < 4.78 is 34.2. The fourth-order valence-electron chi connectivity index (χ4n) is 4.49. The summed E-state index contributed by atoms with van der Waals surface area (Å²) in [6, 6.07) is 6.85. The third-order valence-electron chi connectivity index (χ3n) is 6.67. The Labute approximate surface area is 216 Å². The SMILES string of the molecule is CC(=O)N1CCC(Oc2c(N3CCN(S(=O)(=O)C(C)C)CC3)cnn(-c3cccc(Cl)c3)c2=O)CC1. The van der Waals surface area contributed by atoms with Crippen LogP contribution in [-0.2, 0) is 14.8 Å². The van der Waals surface area contributed by atoms with Crippen LogP contribution in [-0.4, -0.2) is 83.9 Å². The van der Waals surface area contributed by atoms with Gasteiger partial charge in [-0.2, -0.15) is 14.1 Å². The molecule has 1 aromatic carbocycles. The van der Waals surface area contributed by atoms with Crippen LogP contribution in [0.2, 0.25) is 5.02 Å². The molecule has 0 saturated carbocycles. The van der Waals surface area contributed by atoms with E-state index in [4.69, 9.17) is 16.3 Å². The second-order valence-corrected chi connectivity index (χ2v) is 12.3. The van der Waals surface area contributed by atoms with E-state index in [1.54, 1.807) is 56.1 Å². The molecule has 36 heavy (non-hydrogen) atoms. The smallest absolute Gasteiger partial charge is 0.316 e. The highest BCUT2D eigenvalue weighted by Crippen LogP contribution is 2.29. The lowest BCUT2D eigenvalue weighted by atomic mass is 10.1. The topological polar surface area (TPSA) is 105 Å². The Morgan fingerprint density at radius 2 is 1.78 bits per heavy atom. The quantitative estimate of drug-likeness (QED) is 0.556. The predicted octanol–water partition coefficient (Wildman–Crippen LogP) is 2.14. The molecule has 2 fully saturated rings. The summed E-state index contributed by atoms with van der Waals surface area (Å²) in [5.41, 5.74) is 0.637. The van der Waals surface area contributed by atoms with Gasteiger partial charge in [0.25, 0.3) is 0 Å². The first-order chi connectivity index (χ1) is 17.1. The minimum atomic E-state index is -3.36. The summed E-state index contributed by atoms with van der Waals surface area (Å²) in [6.45, 7) is 7.46. The number of piperazine rings is 1. The van der Waals surface area contributed by atoms with Crippen LogP contribution in [0.25, 0.3) is 5.69 Å². The number of sulfonamides is 1. The Balaban J connectivity index is 1.63. The van der Waals surface area contributed by atoms with Gasteiger partial charge < -0.3 is 14.5 Å². The van der Waals surface area contributed by atoms with Crippen LogP contribution in [0.15, 0.2) is 35.3 Å². The summed E-state index contributed by atoms with van der Waals surface area (Å²) in [4.78, 5) is 29.1. The number of rotatable bonds is 6. The number of ether oxygens (including phenoxy) is 1. The van der Waals surface area contributed by atoms with E-state index >= 15 is 0 Å². The zero-order chi connectivity index (χ0) is 26.0. The molecule has 10 nitrogen and oxygen atoms in total. The molecule has 2 aliphatic rings. The largest absolute Gasteiger partial charge is 0.483 e. The predicted molar refractivity (Wildman–Crippen MR) is 139 cm³/mol. The first-order valence-corrected chi connectivity index (χ1v) is 14.0. The molecule has 0 bridgehead atoms. The molecular formula is C24H32ClN5O5S. The highest BCUT2D eigenvalue weighted by atomic mass is 35.5. The van der Waals surface area contributed by atoms with Crippen molar-refractivity contribution in [2.24, 2.45) is 0 Å². The molecule has 3 heterocycles. The Kier molecular flexibility index (Phi) is 7.91. The average molecular weight is 538 g/mol. The van der Waals surface area contributed by atoms with Crippen LogP contribution in [0, 0.1) is 0 Å². The minimum absolute atomic E-state index is 0.0237. The van der Waals surface area contributed by atoms with E-state index in [0.717, 1.165) is 0 Å². The summed E-state index contributed by atoms with van der Waals surface area (Å²) in [5, 5.41) is 4.37. The fourth-order valence-corrected chi connectivity index (χ4v) is 5.95. The summed E-state index contributed by atoms with van der Waals surface area (Å²) in [6.07, 6.45) is 2.58. The number of likely N-dealkylation sites (tertiary alicyclic amines) is 1. The summed E-state index contributed by atoms with van der Waals surface area (Å²) >= 11 is 6.14. The number of hydrogen-bond acceptors (Lipinski definition) is 7. The Bertz CT molecular complexity index is 1270. The van der Waals surface area contributed by atoms with E-state index < -0.39 is 20.8 Å². The van der Waals surface area contributed by atoms with Gasteiger partial charge >= 0.3 is 5.56 Å². The second kappa shape index (κ2) is 10.8. The Hall–Kier alpha value is -2.63. The molecule has 0 atom stereocenters. The van der Waals surface area contributed by atoms with Gasteiger partial charge in [-0.05, 0) is 32.0 Å². The summed E-state index contributed by atoms with van der Waals surface area (Å²) in [5.74, 6) is 0.196. The molecule has 0 aliphatic carbocycles. The maximum absolute atomic E-state index is 13.6. The van der Waals surface area contributed by atoms with Gasteiger partial charge in [-0.3, -0.25) is 9.59 Å². The molecule has 0 unspecified atom stereocenters. The maximum Gasteiger partial charge on any atom is 0.316 e. The second-order valence-electron chi connectivity index (χ2n) is 9.36. The van der Waals surface area contributed by atoms with Gasteiger partial charge in [0.05, 0.1) is 17.1 Å². The van der Waals surface area contributed by atoms with E-state index in [2.05, 4.69) is 5.10 Å². The maximum atomic E-state index is 13.6. The fraction of sp³-hybridized carbons (Fsp3) is 0.542. The number of nitrogens with zero attached hydrogens (tertiary/aromatic N) is 5. The molecule has 4 rings (SSSR count). The van der Waals surface area contributed by atoms with Gasteiger partial charge in [0.2, 0.25) is 21.7 Å². The minimum Gasteiger partial charge on any atom is -0.483 e. The molecule has 0 N–H and O–H groups in total. The average Bonchev–Trinajstić information content (AvgIpc) is 2.85. The van der Waals surface area contributed by atoms with Crippen LogP contribution in [0.5, 0.6) is 5.75 Å². The molecule has 2 aliphatic heterocycles. The van der Waals surface area contributed by atoms with Gasteiger partial charge in [0.1, 0.15) is 11.8 Å². The van der Waals surface area contributed by atoms with E-state index in [9.17, 15) is 18.0 Å². The van der Waals surface area contributed by atoms with Gasteiger partial charge in [-0.25, -0.2) is 8.42 Å². The highest BCUT2D eigenvalue weighted by molar-refractivity contribution is 7.89. The standard InChI is InChI=1S/C24H32ClN5O5S/c1-17(2)36(33,34)29-13-11-28(12-14-29)22-16-26-30(20-6-4-5-19(25)15-20)24(32)23(22)35-21-7-9-27(10-8-21)18(3)31/h4-6,15-17,21H,7-14H2,1-3H3. The number of hydrogen-bond donors (Lipinski definition) is 0. The van der Waals surface area contributed by atoms with Gasteiger partial charge in [0.15, 0.2) is 0 Å². The lowest BCUT2D eigenvalue weighted by Gasteiger charge is -2.37. The third kappa shape index (κ3) is 5.52. The molecular weight excluding hydrogens is 506 g/mol. The molecule has 0 spiro atoms. The number of halogens is 1. The van der Waals surface area contributed by atoms with Gasteiger partial charge in [-0.15, -0.1) is 0 Å². The number of aromatic nitrogens is 2. The first-order valence-electron chi connectivity index (χ1n) is 12.1. The van der Waals surface area contributed by atoms with Crippen molar-refractivity contribution in [1.82, 2.24) is 19.0 Å². The normalized spacial score (nSPS) is 18.0. The molecule has 2 saturated heterocycles. The molecule has 0 radical (unpaired) electrons. The van der Waals surface area contributed by atoms with Gasteiger partial charge in [0, 0.05) is 64.1 Å². The number of carbonyl (C=O) groups excluding carboxylic acids is 1. The van der Waals surface area contributed by atoms with Crippen LogP contribution in [0.4, 0.5) is 5.69 Å². The van der Waals surface area contributed by atoms with E-state index in [1.807, 2.05) is 4.90 Å². The van der Waals surface area contributed by atoms with Crippen molar-refractivity contribution in [3.8, 4) is 11.4 Å². The van der Waals surface area contributed by atoms with Crippen LogP contribution in [0.3, 0.4) is 0 Å². The number of piperidine rings is 1. The van der Waals surface area contributed by atoms with Crippen molar-refractivity contribution in [3.05, 3.63) is 45.8 Å². The highest BCUT2D eigenvalue weighted by Gasteiger charge is 2.32. The van der Waals surface area contributed by atoms with E-state index in [0.29, 0.717) is 68.5 Å². The summed E-state index contributed by atoms with van der Waals surface area (Å²) in [7, 11) is -3.36. The Morgan fingerprint density at radius 1 is 1.11 bits per heavy atom. The molecule has 1 aromatic heterocycles. The molecule has 196 valence electrons. The zero-order valence-corrected chi connectivity index (χ0v) is 22.3. The lowest BCUT2D eigenvalue weighted by Crippen LogP contribution is -2.51. The van der Waals surface area contributed by atoms with Crippen molar-refractivity contribution in [2.45, 2.75) is 45.0 Å². The Morgan fingerprint density at radius 3 is 2.36 bits per heavy atom. The number of anilines is 1. The lowest BCUT2D eigenvalue weighted by molar-refractivity contribution is -0.130. The van der Waals surface area contributed by atoms with Gasteiger partial charge in [-0.1, -0.05) is 17.7 Å². The monoisotopic (exact) mass is 537 g/mol. The van der Waals surface area contributed by atoms with Crippen LogP contribution in [0.1, 0.15) is 33.6 Å². The van der Waals surface area contributed by atoms with Crippen molar-refractivity contribution >= 4 is 33.2 Å². The number of benzene rings is 1. The first kappa shape index (κ1) is 26.4. The van der Waals surface area contributed by atoms with Crippen LogP contribution < -0.4 is 15.2 Å². The molecule has 2 aromatic rings. The van der Waals surface area contributed by atoms with Crippen molar-refractivity contribution < 1.29 is 17.9 Å². The molecule has 12 heteroatoms. The van der Waals surface area contributed by atoms with Crippen LogP contribution >= 0.6 is 11.6 Å². The van der Waals surface area contributed by atoms with E-state index in [1.165, 1.54) is 8.99 Å². The number of amides is 1. The molecule has 1 amide bonds. The van der Waals surface area contributed by atoms with E-state index in [-0.39, 0.29) is 17.8 Å².